The topological polar surface area (TPSA) is 63.9 Å². The third-order valence-corrected chi connectivity index (χ3v) is 5.37. The highest BCUT2D eigenvalue weighted by Crippen LogP contribution is 2.41. The minimum absolute atomic E-state index is 0.0642. The van der Waals surface area contributed by atoms with Gasteiger partial charge in [-0.05, 0) is 64.8 Å². The van der Waals surface area contributed by atoms with Crippen LogP contribution in [0.5, 0.6) is 11.5 Å². The van der Waals surface area contributed by atoms with Gasteiger partial charge in [0.1, 0.15) is 11.9 Å². The molecule has 150 valence electrons. The molecule has 0 saturated heterocycles. The van der Waals surface area contributed by atoms with Crippen LogP contribution in [0.4, 0.5) is 5.69 Å². The van der Waals surface area contributed by atoms with E-state index in [1.165, 1.54) is 0 Å². The van der Waals surface area contributed by atoms with Crippen LogP contribution in [0.15, 0.2) is 63.7 Å². The number of benzene rings is 2. The molecule has 2 aromatic carbocycles. The molecule has 1 N–H and O–H groups in total. The summed E-state index contributed by atoms with van der Waals surface area (Å²) >= 11 is 3.57. The summed E-state index contributed by atoms with van der Waals surface area (Å²) in [4.78, 5) is 15.1. The van der Waals surface area contributed by atoms with Crippen molar-refractivity contribution in [2.24, 2.45) is 0 Å². The third-order valence-electron chi connectivity index (χ3n) is 4.78. The molecule has 1 amide bonds. The van der Waals surface area contributed by atoms with Gasteiger partial charge in [-0.25, -0.2) is 0 Å². The number of rotatable bonds is 6. The van der Waals surface area contributed by atoms with E-state index in [9.17, 15) is 4.79 Å². The zero-order valence-corrected chi connectivity index (χ0v) is 17.7. The molecule has 7 heteroatoms. The third kappa shape index (κ3) is 3.70. The predicted octanol–water partition coefficient (Wildman–Crippen LogP) is 5.22. The van der Waals surface area contributed by atoms with Gasteiger partial charge in [0.15, 0.2) is 11.5 Å². The number of amides is 1. The lowest BCUT2D eigenvalue weighted by atomic mass is 10.0. The number of furan rings is 1. The van der Waals surface area contributed by atoms with Gasteiger partial charge >= 0.3 is 0 Å². The van der Waals surface area contributed by atoms with Crippen molar-refractivity contribution in [3.63, 3.8) is 0 Å². The molecule has 1 unspecified atom stereocenters. The number of methoxy groups -OCH3 is 1. The van der Waals surface area contributed by atoms with Crippen molar-refractivity contribution in [3.8, 4) is 11.5 Å². The molecule has 0 spiro atoms. The van der Waals surface area contributed by atoms with Gasteiger partial charge in [-0.2, -0.15) is 0 Å². The molecule has 0 radical (unpaired) electrons. The molecule has 1 aliphatic rings. The number of anilines is 1. The van der Waals surface area contributed by atoms with Gasteiger partial charge in [-0.15, -0.1) is 0 Å². The summed E-state index contributed by atoms with van der Waals surface area (Å²) in [7, 11) is 1.60. The van der Waals surface area contributed by atoms with Crippen molar-refractivity contribution in [2.45, 2.75) is 19.6 Å². The molecule has 3 aromatic rings. The van der Waals surface area contributed by atoms with Crippen LogP contribution in [-0.4, -0.2) is 24.5 Å². The normalized spacial score (nSPS) is 15.6. The van der Waals surface area contributed by atoms with E-state index in [1.807, 2.05) is 55.5 Å². The Bertz CT molecular complexity index is 1020. The van der Waals surface area contributed by atoms with Gasteiger partial charge in [0, 0.05) is 5.69 Å². The summed E-state index contributed by atoms with van der Waals surface area (Å²) in [6, 6.07) is 15.0. The van der Waals surface area contributed by atoms with Gasteiger partial charge in [-0.3, -0.25) is 4.79 Å². The highest BCUT2D eigenvalue weighted by molar-refractivity contribution is 9.10. The molecule has 2 heterocycles. The Kier molecular flexibility index (Phi) is 5.49. The highest BCUT2D eigenvalue weighted by Gasteiger charge is 2.34. The van der Waals surface area contributed by atoms with Crippen molar-refractivity contribution < 1.29 is 18.7 Å². The van der Waals surface area contributed by atoms with Gasteiger partial charge in [-0.1, -0.05) is 12.1 Å². The van der Waals surface area contributed by atoms with Gasteiger partial charge < -0.3 is 24.1 Å². The van der Waals surface area contributed by atoms with E-state index in [0.717, 1.165) is 15.7 Å². The second kappa shape index (κ2) is 8.21. The fourth-order valence-electron chi connectivity index (χ4n) is 3.50. The van der Waals surface area contributed by atoms with Gasteiger partial charge in [0.05, 0.1) is 36.6 Å². The van der Waals surface area contributed by atoms with E-state index < -0.39 is 6.17 Å². The van der Waals surface area contributed by atoms with Crippen molar-refractivity contribution in [1.29, 1.82) is 0 Å². The molecule has 29 heavy (non-hydrogen) atoms. The van der Waals surface area contributed by atoms with E-state index >= 15 is 0 Å². The lowest BCUT2D eigenvalue weighted by Gasteiger charge is -2.38. The number of ether oxygens (including phenoxy) is 2. The molecule has 4 rings (SSSR count). The van der Waals surface area contributed by atoms with Crippen LogP contribution in [0.1, 0.15) is 34.8 Å². The van der Waals surface area contributed by atoms with Crippen molar-refractivity contribution in [2.75, 3.05) is 19.0 Å². The number of nitrogens with zero attached hydrogens (tertiary/aromatic N) is 1. The number of fused-ring (bicyclic) bond motifs is 1. The zero-order valence-electron chi connectivity index (χ0n) is 16.1. The lowest BCUT2D eigenvalue weighted by Crippen LogP contribution is -2.42. The summed E-state index contributed by atoms with van der Waals surface area (Å²) < 4.78 is 17.5. The average molecular weight is 457 g/mol. The molecular weight excluding hydrogens is 436 g/mol. The molecule has 0 saturated carbocycles. The first-order valence-electron chi connectivity index (χ1n) is 9.31. The van der Waals surface area contributed by atoms with Crippen LogP contribution in [0.2, 0.25) is 0 Å². The Morgan fingerprint density at radius 3 is 2.76 bits per heavy atom. The minimum atomic E-state index is -0.399. The van der Waals surface area contributed by atoms with Crippen molar-refractivity contribution >= 4 is 27.5 Å². The summed E-state index contributed by atoms with van der Waals surface area (Å²) in [6.45, 7) is 2.76. The van der Waals surface area contributed by atoms with E-state index in [0.29, 0.717) is 36.0 Å². The summed E-state index contributed by atoms with van der Waals surface area (Å²) in [6.07, 6.45) is 1.21. The van der Waals surface area contributed by atoms with E-state index in [1.54, 1.807) is 18.3 Å². The maximum absolute atomic E-state index is 13.3. The predicted molar refractivity (Wildman–Crippen MR) is 113 cm³/mol. The molecule has 0 fully saturated rings. The highest BCUT2D eigenvalue weighted by atomic mass is 79.9. The van der Waals surface area contributed by atoms with E-state index in [4.69, 9.17) is 13.9 Å². The fraction of sp³-hybridized carbons (Fsp3) is 0.227. The van der Waals surface area contributed by atoms with Crippen molar-refractivity contribution in [3.05, 3.63) is 76.2 Å². The van der Waals surface area contributed by atoms with Crippen LogP contribution in [0.25, 0.3) is 0 Å². The largest absolute Gasteiger partial charge is 0.492 e. The zero-order chi connectivity index (χ0) is 20.4. The Balaban J connectivity index is 1.80. The Hall–Kier alpha value is -2.93. The number of hydrogen-bond acceptors (Lipinski definition) is 5. The number of carbonyl (C=O) groups excluding carboxylic acids is 1. The lowest BCUT2D eigenvalue weighted by molar-refractivity contribution is 0.0651. The van der Waals surface area contributed by atoms with Gasteiger partial charge in [0.2, 0.25) is 0 Å². The number of halogens is 1. The SMILES string of the molecule is CCOc1cc(C2Nc3ccccc3C(=O)N2Cc2ccco2)cc(Br)c1OC. The second-order valence-corrected chi connectivity index (χ2v) is 7.43. The maximum Gasteiger partial charge on any atom is 0.258 e. The molecule has 0 bridgehead atoms. The summed E-state index contributed by atoms with van der Waals surface area (Å²) in [5.74, 6) is 1.88. The Morgan fingerprint density at radius 2 is 2.03 bits per heavy atom. The molecule has 1 atom stereocenters. The number of carbonyl (C=O) groups is 1. The fourth-order valence-corrected chi connectivity index (χ4v) is 4.12. The van der Waals surface area contributed by atoms with Crippen LogP contribution < -0.4 is 14.8 Å². The van der Waals surface area contributed by atoms with Crippen LogP contribution in [0, 0.1) is 0 Å². The smallest absolute Gasteiger partial charge is 0.258 e. The standard InChI is InChI=1S/C22H21BrN2O4/c1-3-28-19-12-14(11-17(23)20(19)27-2)21-24-18-9-5-4-8-16(18)22(26)25(21)13-15-7-6-10-29-15/h4-12,21,24H,3,13H2,1-2H3. The van der Waals surface area contributed by atoms with Crippen LogP contribution in [0.3, 0.4) is 0 Å². The summed E-state index contributed by atoms with van der Waals surface area (Å²) in [5, 5.41) is 3.49. The molecular formula is C22H21BrN2O4. The molecule has 1 aromatic heterocycles. The van der Waals surface area contributed by atoms with Crippen LogP contribution in [-0.2, 0) is 6.54 Å². The Labute approximate surface area is 177 Å². The number of hydrogen-bond donors (Lipinski definition) is 1. The molecule has 0 aliphatic carbocycles. The first kappa shape index (κ1) is 19.4. The number of para-hydroxylation sites is 1. The monoisotopic (exact) mass is 456 g/mol. The van der Waals surface area contributed by atoms with Gasteiger partial charge in [0.25, 0.3) is 5.91 Å². The Morgan fingerprint density at radius 1 is 1.21 bits per heavy atom. The molecule has 6 nitrogen and oxygen atoms in total. The average Bonchev–Trinajstić information content (AvgIpc) is 3.23. The van der Waals surface area contributed by atoms with Crippen LogP contribution >= 0.6 is 15.9 Å². The van der Waals surface area contributed by atoms with E-state index in [-0.39, 0.29) is 5.91 Å². The second-order valence-electron chi connectivity index (χ2n) is 6.57. The first-order chi connectivity index (χ1) is 14.1. The van der Waals surface area contributed by atoms with Crippen molar-refractivity contribution in [1.82, 2.24) is 4.90 Å². The molecule has 1 aliphatic heterocycles. The minimum Gasteiger partial charge on any atom is -0.492 e. The first-order valence-corrected chi connectivity index (χ1v) is 10.1. The summed E-state index contributed by atoms with van der Waals surface area (Å²) in [5.41, 5.74) is 2.30. The quantitative estimate of drug-likeness (QED) is 0.550. The number of nitrogens with one attached hydrogen (secondary N) is 1. The maximum atomic E-state index is 13.3. The van der Waals surface area contributed by atoms with E-state index in [2.05, 4.69) is 21.2 Å².